The van der Waals surface area contributed by atoms with E-state index in [-0.39, 0.29) is 16.5 Å². The summed E-state index contributed by atoms with van der Waals surface area (Å²) in [5.41, 5.74) is 1.31. The van der Waals surface area contributed by atoms with Gasteiger partial charge in [-0.15, -0.1) is 23.1 Å². The van der Waals surface area contributed by atoms with E-state index in [0.29, 0.717) is 0 Å². The summed E-state index contributed by atoms with van der Waals surface area (Å²) in [6.07, 6.45) is 0. The van der Waals surface area contributed by atoms with Gasteiger partial charge in [-0.25, -0.2) is 0 Å². The highest BCUT2D eigenvalue weighted by Gasteiger charge is 2.39. The molecule has 1 aliphatic heterocycles. The standard InChI is InChI=1S/C12H18N2OS2/c1-8-4-7-16-10(8)12-14(6-5-13-3)11(15)9(2)17-12/h4,7,9,12-13H,5-6H2,1-3H3/p+1/t9-,12-/m1/s1. The number of nitrogens with two attached hydrogens (primary N) is 1. The monoisotopic (exact) mass is 271 g/mol. The van der Waals surface area contributed by atoms with Gasteiger partial charge >= 0.3 is 0 Å². The molecule has 1 aromatic rings. The number of thiophene rings is 1. The third kappa shape index (κ3) is 2.51. The molecule has 0 radical (unpaired) electrons. The lowest BCUT2D eigenvalue weighted by Gasteiger charge is -2.22. The Morgan fingerprint density at radius 2 is 2.29 bits per heavy atom. The first-order chi connectivity index (χ1) is 8.15. The molecule has 0 unspecified atom stereocenters. The highest BCUT2D eigenvalue weighted by Crippen LogP contribution is 2.45. The Hall–Kier alpha value is -0.520. The molecule has 0 spiro atoms. The zero-order chi connectivity index (χ0) is 12.4. The second-order valence-electron chi connectivity index (χ2n) is 4.33. The number of nitrogens with zero attached hydrogens (tertiary/aromatic N) is 1. The topological polar surface area (TPSA) is 36.9 Å². The predicted octanol–water partition coefficient (Wildman–Crippen LogP) is 1.21. The molecule has 0 bridgehead atoms. The summed E-state index contributed by atoms with van der Waals surface area (Å²) in [6.45, 7) is 5.96. The normalized spacial score (nSPS) is 24.6. The highest BCUT2D eigenvalue weighted by molar-refractivity contribution is 8.01. The molecule has 2 heterocycles. The molecule has 2 N–H and O–H groups in total. The fourth-order valence-electron chi connectivity index (χ4n) is 2.01. The Labute approximate surface area is 111 Å². The van der Waals surface area contributed by atoms with E-state index in [1.54, 1.807) is 23.1 Å². The van der Waals surface area contributed by atoms with Gasteiger partial charge in [0.2, 0.25) is 5.91 Å². The lowest BCUT2D eigenvalue weighted by molar-refractivity contribution is -0.626. The minimum absolute atomic E-state index is 0.0957. The summed E-state index contributed by atoms with van der Waals surface area (Å²) in [6, 6.07) is 2.14. The number of hydrogen-bond donors (Lipinski definition) is 1. The molecule has 17 heavy (non-hydrogen) atoms. The highest BCUT2D eigenvalue weighted by atomic mass is 32.2. The van der Waals surface area contributed by atoms with Crippen LogP contribution in [0, 0.1) is 6.92 Å². The van der Waals surface area contributed by atoms with Crippen LogP contribution in [0.5, 0.6) is 0 Å². The number of amides is 1. The molecule has 1 fully saturated rings. The molecule has 1 saturated heterocycles. The number of quaternary nitrogens is 1. The maximum atomic E-state index is 12.1. The fourth-order valence-corrected chi connectivity index (χ4v) is 4.56. The number of likely N-dealkylation sites (N-methyl/N-ethyl adjacent to an activating group) is 1. The van der Waals surface area contributed by atoms with E-state index in [1.165, 1.54) is 10.4 Å². The van der Waals surface area contributed by atoms with Crippen molar-refractivity contribution < 1.29 is 10.1 Å². The first-order valence-corrected chi connectivity index (χ1v) is 7.75. The first-order valence-electron chi connectivity index (χ1n) is 5.93. The van der Waals surface area contributed by atoms with Crippen LogP contribution in [-0.4, -0.2) is 36.2 Å². The zero-order valence-electron chi connectivity index (χ0n) is 10.5. The molecule has 0 saturated carbocycles. The smallest absolute Gasteiger partial charge is 0.236 e. The molecule has 3 nitrogen and oxygen atoms in total. The average Bonchev–Trinajstić information content (AvgIpc) is 2.83. The summed E-state index contributed by atoms with van der Waals surface area (Å²) in [5, 5.41) is 4.57. The van der Waals surface area contributed by atoms with E-state index in [4.69, 9.17) is 0 Å². The van der Waals surface area contributed by atoms with Gasteiger partial charge in [0.1, 0.15) is 5.37 Å². The van der Waals surface area contributed by atoms with Crippen molar-refractivity contribution in [3.63, 3.8) is 0 Å². The molecule has 2 atom stereocenters. The number of hydrogen-bond acceptors (Lipinski definition) is 3. The SMILES string of the molecule is C[NH2+]CCN1C(=O)[C@@H](C)S[C@@H]1c1sccc1C. The molecular formula is C12H19N2OS2+. The molecule has 0 aliphatic carbocycles. The van der Waals surface area contributed by atoms with Gasteiger partial charge in [0.15, 0.2) is 0 Å². The molecule has 1 aliphatic rings. The van der Waals surface area contributed by atoms with Crippen molar-refractivity contribution >= 4 is 29.0 Å². The van der Waals surface area contributed by atoms with Crippen molar-refractivity contribution in [2.24, 2.45) is 0 Å². The van der Waals surface area contributed by atoms with E-state index >= 15 is 0 Å². The number of rotatable bonds is 4. The van der Waals surface area contributed by atoms with Crippen LogP contribution in [0.2, 0.25) is 0 Å². The maximum absolute atomic E-state index is 12.1. The van der Waals surface area contributed by atoms with Gasteiger partial charge in [-0.3, -0.25) is 4.79 Å². The Kier molecular flexibility index (Phi) is 4.12. The number of aryl methyl sites for hydroxylation is 1. The minimum Gasteiger partial charge on any atom is -0.347 e. The summed E-state index contributed by atoms with van der Waals surface area (Å²) in [4.78, 5) is 15.5. The van der Waals surface area contributed by atoms with E-state index < -0.39 is 0 Å². The molecule has 1 amide bonds. The van der Waals surface area contributed by atoms with Crippen molar-refractivity contribution in [3.05, 3.63) is 21.9 Å². The van der Waals surface area contributed by atoms with Gasteiger partial charge < -0.3 is 10.2 Å². The maximum Gasteiger partial charge on any atom is 0.236 e. The van der Waals surface area contributed by atoms with Crippen LogP contribution in [0.15, 0.2) is 11.4 Å². The second kappa shape index (κ2) is 5.42. The van der Waals surface area contributed by atoms with Crippen LogP contribution in [0.1, 0.15) is 22.7 Å². The Balaban J connectivity index is 2.20. The third-order valence-electron chi connectivity index (χ3n) is 3.03. The summed E-state index contributed by atoms with van der Waals surface area (Å²) in [5.74, 6) is 0.287. The second-order valence-corrected chi connectivity index (χ2v) is 6.70. The summed E-state index contributed by atoms with van der Waals surface area (Å²) in [7, 11) is 2.04. The van der Waals surface area contributed by atoms with E-state index in [0.717, 1.165) is 13.1 Å². The average molecular weight is 271 g/mol. The van der Waals surface area contributed by atoms with Gasteiger partial charge in [-0.05, 0) is 30.9 Å². The van der Waals surface area contributed by atoms with Gasteiger partial charge in [0.05, 0.1) is 25.4 Å². The number of carbonyl (C=O) groups excluding carboxylic acids is 1. The van der Waals surface area contributed by atoms with Crippen LogP contribution in [0.4, 0.5) is 0 Å². The molecule has 94 valence electrons. The summed E-state index contributed by atoms with van der Waals surface area (Å²) >= 11 is 3.54. The van der Waals surface area contributed by atoms with Crippen LogP contribution in [0.25, 0.3) is 0 Å². The van der Waals surface area contributed by atoms with Crippen LogP contribution < -0.4 is 5.32 Å². The molecular weight excluding hydrogens is 252 g/mol. The van der Waals surface area contributed by atoms with Crippen LogP contribution >= 0.6 is 23.1 Å². The predicted molar refractivity (Wildman–Crippen MR) is 73.3 cm³/mol. The van der Waals surface area contributed by atoms with Crippen molar-refractivity contribution in [1.29, 1.82) is 0 Å². The van der Waals surface area contributed by atoms with Crippen molar-refractivity contribution in [1.82, 2.24) is 4.90 Å². The van der Waals surface area contributed by atoms with Crippen molar-refractivity contribution in [3.8, 4) is 0 Å². The Bertz CT molecular complexity index is 405. The minimum atomic E-state index is 0.0957. The largest absolute Gasteiger partial charge is 0.347 e. The fraction of sp³-hybridized carbons (Fsp3) is 0.583. The van der Waals surface area contributed by atoms with Gasteiger partial charge in [-0.2, -0.15) is 0 Å². The van der Waals surface area contributed by atoms with E-state index in [9.17, 15) is 4.79 Å². The van der Waals surface area contributed by atoms with Gasteiger partial charge in [0.25, 0.3) is 0 Å². The van der Waals surface area contributed by atoms with E-state index in [1.807, 2.05) is 18.9 Å². The summed E-state index contributed by atoms with van der Waals surface area (Å²) < 4.78 is 0. The Morgan fingerprint density at radius 1 is 1.53 bits per heavy atom. The number of carbonyl (C=O) groups is 1. The van der Waals surface area contributed by atoms with E-state index in [2.05, 4.69) is 23.7 Å². The zero-order valence-corrected chi connectivity index (χ0v) is 12.1. The quantitative estimate of drug-likeness (QED) is 0.894. The molecule has 1 aromatic heterocycles. The van der Waals surface area contributed by atoms with Crippen molar-refractivity contribution in [2.75, 3.05) is 20.1 Å². The van der Waals surface area contributed by atoms with Crippen molar-refractivity contribution in [2.45, 2.75) is 24.5 Å². The Morgan fingerprint density at radius 3 is 2.88 bits per heavy atom. The van der Waals surface area contributed by atoms with Crippen LogP contribution in [-0.2, 0) is 4.79 Å². The van der Waals surface area contributed by atoms with Gasteiger partial charge in [-0.1, -0.05) is 0 Å². The molecule has 2 rings (SSSR count). The number of thioether (sulfide) groups is 1. The first kappa shape index (κ1) is 12.9. The lowest BCUT2D eigenvalue weighted by Crippen LogP contribution is -2.81. The third-order valence-corrected chi connectivity index (χ3v) is 5.61. The molecule has 0 aromatic carbocycles. The lowest BCUT2D eigenvalue weighted by atomic mass is 10.2. The van der Waals surface area contributed by atoms with Gasteiger partial charge in [0, 0.05) is 4.88 Å². The van der Waals surface area contributed by atoms with Crippen LogP contribution in [0.3, 0.4) is 0 Å². The molecule has 5 heteroatoms.